The van der Waals surface area contributed by atoms with Crippen LogP contribution < -0.4 is 0 Å². The van der Waals surface area contributed by atoms with Gasteiger partial charge in [0.1, 0.15) is 0 Å². The maximum absolute atomic E-state index is 10.0. The van der Waals surface area contributed by atoms with Crippen LogP contribution in [0.3, 0.4) is 0 Å². The molecule has 0 aromatic carbocycles. The third-order valence-corrected chi connectivity index (χ3v) is 3.09. The van der Waals surface area contributed by atoms with Gasteiger partial charge >= 0.3 is 0 Å². The van der Waals surface area contributed by atoms with Crippen LogP contribution in [0.2, 0.25) is 0 Å². The summed E-state index contributed by atoms with van der Waals surface area (Å²) >= 11 is 0. The Bertz CT molecular complexity index is 370. The van der Waals surface area contributed by atoms with E-state index in [1.165, 1.54) is 0 Å². The molecule has 1 aromatic rings. The average molecular weight is 239 g/mol. The van der Waals surface area contributed by atoms with Crippen LogP contribution in [0, 0.1) is 0 Å². The summed E-state index contributed by atoms with van der Waals surface area (Å²) in [5, 5.41) is 14.0. The van der Waals surface area contributed by atoms with E-state index >= 15 is 0 Å². The second kappa shape index (κ2) is 4.74. The summed E-state index contributed by atoms with van der Waals surface area (Å²) in [5.74, 6) is 1.67. The molecule has 0 amide bonds. The fourth-order valence-electron chi connectivity index (χ4n) is 2.29. The molecule has 0 bridgehead atoms. The first-order valence-corrected chi connectivity index (χ1v) is 6.29. The number of likely N-dealkylation sites (tertiary alicyclic amines) is 1. The van der Waals surface area contributed by atoms with E-state index in [0.29, 0.717) is 31.3 Å². The van der Waals surface area contributed by atoms with Gasteiger partial charge in [-0.25, -0.2) is 0 Å². The average Bonchev–Trinajstić information content (AvgIpc) is 2.64. The molecule has 1 fully saturated rings. The smallest absolute Gasteiger partial charge is 0.229 e. The van der Waals surface area contributed by atoms with Crippen molar-refractivity contribution in [1.82, 2.24) is 15.0 Å². The highest BCUT2D eigenvalue weighted by atomic mass is 16.5. The number of hydrogen-bond donors (Lipinski definition) is 1. The molecule has 0 saturated carbocycles. The van der Waals surface area contributed by atoms with Crippen molar-refractivity contribution in [3.05, 3.63) is 11.7 Å². The Morgan fingerprint density at radius 2 is 2.18 bits per heavy atom. The Hall–Kier alpha value is -0.940. The van der Waals surface area contributed by atoms with E-state index in [1.807, 2.05) is 13.8 Å². The maximum atomic E-state index is 10.0. The predicted molar refractivity (Wildman–Crippen MR) is 63.5 cm³/mol. The molecule has 0 aliphatic carbocycles. The standard InChI is InChI=1S/C12H21N3O2/c1-4-5-12(16)7-15(8-12)6-10-13-11(9(2)3)17-14-10/h9,16H,4-8H2,1-3H3. The molecular weight excluding hydrogens is 218 g/mol. The van der Waals surface area contributed by atoms with Gasteiger partial charge in [0.05, 0.1) is 12.1 Å². The summed E-state index contributed by atoms with van der Waals surface area (Å²) < 4.78 is 5.14. The lowest BCUT2D eigenvalue weighted by molar-refractivity contribution is -0.107. The van der Waals surface area contributed by atoms with E-state index in [-0.39, 0.29) is 5.92 Å². The Kier molecular flexibility index (Phi) is 3.49. The molecule has 1 aliphatic rings. The maximum Gasteiger partial charge on any atom is 0.229 e. The summed E-state index contributed by atoms with van der Waals surface area (Å²) in [6.45, 7) is 8.25. The first kappa shape index (κ1) is 12.5. The highest BCUT2D eigenvalue weighted by Crippen LogP contribution is 2.26. The minimum atomic E-state index is -0.487. The molecule has 0 unspecified atom stereocenters. The largest absolute Gasteiger partial charge is 0.387 e. The molecular formula is C12H21N3O2. The van der Waals surface area contributed by atoms with Gasteiger partial charge in [0.25, 0.3) is 0 Å². The molecule has 96 valence electrons. The van der Waals surface area contributed by atoms with Crippen LogP contribution in [-0.2, 0) is 6.54 Å². The van der Waals surface area contributed by atoms with Gasteiger partial charge in [0, 0.05) is 19.0 Å². The van der Waals surface area contributed by atoms with Crippen molar-refractivity contribution < 1.29 is 9.63 Å². The van der Waals surface area contributed by atoms with E-state index in [4.69, 9.17) is 4.52 Å². The Labute approximate surface area is 102 Å². The third-order valence-electron chi connectivity index (χ3n) is 3.09. The molecule has 1 saturated heterocycles. The van der Waals surface area contributed by atoms with Crippen LogP contribution in [0.15, 0.2) is 4.52 Å². The first-order chi connectivity index (χ1) is 8.02. The summed E-state index contributed by atoms with van der Waals surface area (Å²) in [5.41, 5.74) is -0.487. The van der Waals surface area contributed by atoms with Gasteiger partial charge in [-0.15, -0.1) is 0 Å². The predicted octanol–water partition coefficient (Wildman–Crippen LogP) is 1.54. The minimum absolute atomic E-state index is 0.268. The molecule has 2 heterocycles. The van der Waals surface area contributed by atoms with E-state index in [1.54, 1.807) is 0 Å². The van der Waals surface area contributed by atoms with Gasteiger partial charge < -0.3 is 9.63 Å². The second-order valence-electron chi connectivity index (χ2n) is 5.32. The van der Waals surface area contributed by atoms with Crippen molar-refractivity contribution in [2.24, 2.45) is 0 Å². The van der Waals surface area contributed by atoms with Crippen molar-refractivity contribution in [1.29, 1.82) is 0 Å². The van der Waals surface area contributed by atoms with Gasteiger partial charge in [-0.05, 0) is 6.42 Å². The topological polar surface area (TPSA) is 62.4 Å². The van der Waals surface area contributed by atoms with Crippen molar-refractivity contribution in [2.45, 2.75) is 51.7 Å². The number of β-amino-alcohol motifs (C(OH)–C–C–N with tert-alkyl or cyclic N) is 1. The van der Waals surface area contributed by atoms with Crippen molar-refractivity contribution in [3.63, 3.8) is 0 Å². The van der Waals surface area contributed by atoms with E-state index < -0.39 is 5.60 Å². The second-order valence-corrected chi connectivity index (χ2v) is 5.32. The van der Waals surface area contributed by atoms with Crippen molar-refractivity contribution in [2.75, 3.05) is 13.1 Å². The minimum Gasteiger partial charge on any atom is -0.387 e. The van der Waals surface area contributed by atoms with E-state index in [9.17, 15) is 5.11 Å². The zero-order valence-electron chi connectivity index (χ0n) is 10.8. The van der Waals surface area contributed by atoms with Crippen LogP contribution >= 0.6 is 0 Å². The fraction of sp³-hybridized carbons (Fsp3) is 0.833. The summed E-state index contributed by atoms with van der Waals surface area (Å²) in [6.07, 6.45) is 1.89. The van der Waals surface area contributed by atoms with E-state index in [0.717, 1.165) is 12.8 Å². The highest BCUT2D eigenvalue weighted by molar-refractivity contribution is 4.98. The van der Waals surface area contributed by atoms with Crippen LogP contribution in [-0.4, -0.2) is 38.8 Å². The molecule has 5 heteroatoms. The zero-order chi connectivity index (χ0) is 12.5. The lowest BCUT2D eigenvalue weighted by Gasteiger charge is -2.46. The van der Waals surface area contributed by atoms with Gasteiger partial charge in [-0.1, -0.05) is 32.3 Å². The highest BCUT2D eigenvalue weighted by Gasteiger charge is 2.40. The zero-order valence-corrected chi connectivity index (χ0v) is 10.8. The quantitative estimate of drug-likeness (QED) is 0.844. The number of rotatable bonds is 5. The number of nitrogens with zero attached hydrogens (tertiary/aromatic N) is 3. The number of hydrogen-bond acceptors (Lipinski definition) is 5. The van der Waals surface area contributed by atoms with Crippen molar-refractivity contribution >= 4 is 0 Å². The van der Waals surface area contributed by atoms with Gasteiger partial charge in [0.15, 0.2) is 5.82 Å². The number of aliphatic hydroxyl groups is 1. The monoisotopic (exact) mass is 239 g/mol. The van der Waals surface area contributed by atoms with Gasteiger partial charge in [-0.2, -0.15) is 4.98 Å². The van der Waals surface area contributed by atoms with Crippen LogP contribution in [0.25, 0.3) is 0 Å². The lowest BCUT2D eigenvalue weighted by Crippen LogP contribution is -2.61. The van der Waals surface area contributed by atoms with E-state index in [2.05, 4.69) is 22.0 Å². The number of aromatic nitrogens is 2. The molecule has 5 nitrogen and oxygen atoms in total. The van der Waals surface area contributed by atoms with Crippen LogP contribution in [0.4, 0.5) is 0 Å². The Balaban J connectivity index is 1.83. The molecule has 0 atom stereocenters. The SMILES string of the molecule is CCCC1(O)CN(Cc2noc(C(C)C)n2)C1. The summed E-state index contributed by atoms with van der Waals surface area (Å²) in [6, 6.07) is 0. The molecule has 17 heavy (non-hydrogen) atoms. The molecule has 1 N–H and O–H groups in total. The van der Waals surface area contributed by atoms with Crippen molar-refractivity contribution in [3.8, 4) is 0 Å². The lowest BCUT2D eigenvalue weighted by atomic mass is 9.89. The third kappa shape index (κ3) is 2.84. The summed E-state index contributed by atoms with van der Waals surface area (Å²) in [7, 11) is 0. The Morgan fingerprint density at radius 3 is 2.71 bits per heavy atom. The normalized spacial score (nSPS) is 19.6. The first-order valence-electron chi connectivity index (χ1n) is 6.29. The fourth-order valence-corrected chi connectivity index (χ4v) is 2.29. The molecule has 0 spiro atoms. The summed E-state index contributed by atoms with van der Waals surface area (Å²) in [4.78, 5) is 6.47. The van der Waals surface area contributed by atoms with Gasteiger partial charge in [0.2, 0.25) is 5.89 Å². The van der Waals surface area contributed by atoms with Crippen LogP contribution in [0.5, 0.6) is 0 Å². The molecule has 1 aromatic heterocycles. The molecule has 0 radical (unpaired) electrons. The molecule has 2 rings (SSSR count). The molecule has 1 aliphatic heterocycles. The van der Waals surface area contributed by atoms with Gasteiger partial charge in [-0.3, -0.25) is 4.90 Å². The Morgan fingerprint density at radius 1 is 1.47 bits per heavy atom. The van der Waals surface area contributed by atoms with Crippen LogP contribution in [0.1, 0.15) is 51.2 Å².